The molecule has 104 valence electrons. The van der Waals surface area contributed by atoms with Crippen molar-refractivity contribution in [2.24, 2.45) is 11.7 Å². The van der Waals surface area contributed by atoms with Crippen molar-refractivity contribution in [3.63, 3.8) is 0 Å². The second kappa shape index (κ2) is 5.54. The lowest BCUT2D eigenvalue weighted by molar-refractivity contribution is 0.342. The highest BCUT2D eigenvalue weighted by atomic mass is 15.2. The molecule has 1 saturated carbocycles. The Labute approximate surface area is 117 Å². The van der Waals surface area contributed by atoms with E-state index >= 15 is 0 Å². The van der Waals surface area contributed by atoms with Crippen LogP contribution >= 0.6 is 0 Å². The van der Waals surface area contributed by atoms with Gasteiger partial charge in [-0.15, -0.1) is 0 Å². The molecule has 1 heterocycles. The summed E-state index contributed by atoms with van der Waals surface area (Å²) < 4.78 is 0. The smallest absolute Gasteiger partial charge is 0.0417 e. The number of nitrogens with two attached hydrogens (primary N) is 1. The Morgan fingerprint density at radius 3 is 2.84 bits per heavy atom. The molecule has 0 bridgehead atoms. The van der Waals surface area contributed by atoms with Crippen LogP contribution < -0.4 is 10.6 Å². The van der Waals surface area contributed by atoms with Gasteiger partial charge in [0, 0.05) is 24.3 Å². The Balaban J connectivity index is 1.89. The van der Waals surface area contributed by atoms with Crippen molar-refractivity contribution >= 4 is 5.69 Å². The molecule has 2 unspecified atom stereocenters. The highest BCUT2D eigenvalue weighted by molar-refractivity contribution is 5.56. The van der Waals surface area contributed by atoms with Gasteiger partial charge in [0.1, 0.15) is 0 Å². The maximum Gasteiger partial charge on any atom is 0.0417 e. The van der Waals surface area contributed by atoms with E-state index in [0.29, 0.717) is 0 Å². The summed E-state index contributed by atoms with van der Waals surface area (Å²) in [6.45, 7) is 3.40. The topological polar surface area (TPSA) is 29.3 Å². The first-order chi connectivity index (χ1) is 9.31. The van der Waals surface area contributed by atoms with Gasteiger partial charge in [-0.05, 0) is 43.2 Å². The zero-order valence-electron chi connectivity index (χ0n) is 12.0. The van der Waals surface area contributed by atoms with Crippen molar-refractivity contribution in [2.45, 2.75) is 57.5 Å². The Morgan fingerprint density at radius 1 is 1.21 bits per heavy atom. The molecule has 2 fully saturated rings. The van der Waals surface area contributed by atoms with E-state index in [9.17, 15) is 0 Å². The lowest BCUT2D eigenvalue weighted by Crippen LogP contribution is -2.35. The predicted octanol–water partition coefficient (Wildman–Crippen LogP) is 3.87. The van der Waals surface area contributed by atoms with E-state index in [2.05, 4.69) is 36.1 Å². The number of para-hydroxylation sites is 1. The third-order valence-electron chi connectivity index (χ3n) is 5.10. The molecule has 1 aliphatic heterocycles. The van der Waals surface area contributed by atoms with Gasteiger partial charge in [-0.2, -0.15) is 0 Å². The van der Waals surface area contributed by atoms with Crippen LogP contribution in [0.25, 0.3) is 0 Å². The molecule has 0 amide bonds. The predicted molar refractivity (Wildman–Crippen MR) is 81.4 cm³/mol. The Hall–Kier alpha value is -1.02. The van der Waals surface area contributed by atoms with E-state index in [-0.39, 0.29) is 6.04 Å². The molecule has 0 radical (unpaired) electrons. The van der Waals surface area contributed by atoms with Crippen LogP contribution in [0.4, 0.5) is 5.69 Å². The van der Waals surface area contributed by atoms with Gasteiger partial charge in [-0.1, -0.05) is 38.0 Å². The van der Waals surface area contributed by atoms with Crippen LogP contribution in [-0.4, -0.2) is 12.6 Å². The number of hydrogen-bond acceptors (Lipinski definition) is 2. The van der Waals surface area contributed by atoms with E-state index in [1.165, 1.54) is 49.9 Å². The van der Waals surface area contributed by atoms with Gasteiger partial charge in [0.05, 0.1) is 0 Å². The minimum atomic E-state index is 0.179. The van der Waals surface area contributed by atoms with Crippen molar-refractivity contribution in [1.82, 2.24) is 0 Å². The molecule has 1 aromatic carbocycles. The fourth-order valence-corrected chi connectivity index (χ4v) is 3.99. The van der Waals surface area contributed by atoms with Gasteiger partial charge in [-0.25, -0.2) is 0 Å². The molecular formula is C17H26N2. The highest BCUT2D eigenvalue weighted by Crippen LogP contribution is 2.40. The molecule has 1 aromatic rings. The number of rotatable bonds is 3. The maximum absolute atomic E-state index is 6.30. The molecular weight excluding hydrogens is 232 g/mol. The SMILES string of the molecule is CC[C@H](N)c1ccccc1N1CCC2CCCCC21. The minimum Gasteiger partial charge on any atom is -0.368 e. The van der Waals surface area contributed by atoms with E-state index < -0.39 is 0 Å². The summed E-state index contributed by atoms with van der Waals surface area (Å²) in [5.41, 5.74) is 9.06. The molecule has 2 N–H and O–H groups in total. The summed E-state index contributed by atoms with van der Waals surface area (Å²) >= 11 is 0. The standard InChI is InChI=1S/C17H26N2/c1-2-15(18)14-8-4-6-10-17(14)19-12-11-13-7-3-5-9-16(13)19/h4,6,8,10,13,15-16H,2-3,5,7,9,11-12,18H2,1H3/t13?,15-,16?/m0/s1. The number of benzene rings is 1. The van der Waals surface area contributed by atoms with Crippen LogP contribution in [0, 0.1) is 5.92 Å². The monoisotopic (exact) mass is 258 g/mol. The molecule has 2 nitrogen and oxygen atoms in total. The maximum atomic E-state index is 6.30. The normalized spacial score (nSPS) is 28.2. The lowest BCUT2D eigenvalue weighted by Gasteiger charge is -2.35. The van der Waals surface area contributed by atoms with E-state index in [1.54, 1.807) is 0 Å². The fourth-order valence-electron chi connectivity index (χ4n) is 3.99. The van der Waals surface area contributed by atoms with Crippen LogP contribution in [0.1, 0.15) is 57.1 Å². The van der Waals surface area contributed by atoms with Crippen LogP contribution in [0.15, 0.2) is 24.3 Å². The second-order valence-corrected chi connectivity index (χ2v) is 6.17. The lowest BCUT2D eigenvalue weighted by atomic mass is 9.85. The number of hydrogen-bond donors (Lipinski definition) is 1. The minimum absolute atomic E-state index is 0.179. The van der Waals surface area contributed by atoms with Crippen molar-refractivity contribution in [2.75, 3.05) is 11.4 Å². The third kappa shape index (κ3) is 2.38. The number of fused-ring (bicyclic) bond motifs is 1. The molecule has 2 heteroatoms. The van der Waals surface area contributed by atoms with Crippen molar-refractivity contribution in [3.8, 4) is 0 Å². The van der Waals surface area contributed by atoms with E-state index in [0.717, 1.165) is 18.4 Å². The van der Waals surface area contributed by atoms with Gasteiger partial charge >= 0.3 is 0 Å². The van der Waals surface area contributed by atoms with Crippen LogP contribution in [0.3, 0.4) is 0 Å². The molecule has 2 aliphatic rings. The summed E-state index contributed by atoms with van der Waals surface area (Å²) in [6, 6.07) is 9.75. The first-order valence-electron chi connectivity index (χ1n) is 7.92. The van der Waals surface area contributed by atoms with Gasteiger partial charge in [0.15, 0.2) is 0 Å². The first kappa shape index (κ1) is 13.0. The summed E-state index contributed by atoms with van der Waals surface area (Å²) in [7, 11) is 0. The molecule has 0 aromatic heterocycles. The molecule has 1 aliphatic carbocycles. The molecule has 19 heavy (non-hydrogen) atoms. The van der Waals surface area contributed by atoms with Gasteiger partial charge in [0.25, 0.3) is 0 Å². The van der Waals surface area contributed by atoms with Crippen LogP contribution in [0.5, 0.6) is 0 Å². The second-order valence-electron chi connectivity index (χ2n) is 6.17. The van der Waals surface area contributed by atoms with Crippen LogP contribution in [-0.2, 0) is 0 Å². The molecule has 3 rings (SSSR count). The van der Waals surface area contributed by atoms with Gasteiger partial charge in [0.2, 0.25) is 0 Å². The number of nitrogens with zero attached hydrogens (tertiary/aromatic N) is 1. The van der Waals surface area contributed by atoms with Crippen molar-refractivity contribution in [3.05, 3.63) is 29.8 Å². The average Bonchev–Trinajstić information content (AvgIpc) is 2.90. The van der Waals surface area contributed by atoms with Crippen molar-refractivity contribution < 1.29 is 0 Å². The Kier molecular flexibility index (Phi) is 3.79. The fraction of sp³-hybridized carbons (Fsp3) is 0.647. The highest BCUT2D eigenvalue weighted by Gasteiger charge is 2.36. The summed E-state index contributed by atoms with van der Waals surface area (Å²) in [5.74, 6) is 0.930. The molecule has 3 atom stereocenters. The van der Waals surface area contributed by atoms with Crippen molar-refractivity contribution in [1.29, 1.82) is 0 Å². The van der Waals surface area contributed by atoms with Gasteiger partial charge < -0.3 is 10.6 Å². The quantitative estimate of drug-likeness (QED) is 0.892. The van der Waals surface area contributed by atoms with E-state index in [1.807, 2.05) is 0 Å². The third-order valence-corrected chi connectivity index (χ3v) is 5.10. The van der Waals surface area contributed by atoms with E-state index in [4.69, 9.17) is 5.73 Å². The largest absolute Gasteiger partial charge is 0.368 e. The number of anilines is 1. The molecule has 0 spiro atoms. The summed E-state index contributed by atoms with van der Waals surface area (Å²) in [5, 5.41) is 0. The summed E-state index contributed by atoms with van der Waals surface area (Å²) in [6.07, 6.45) is 8.04. The Bertz CT molecular complexity index is 429. The zero-order chi connectivity index (χ0) is 13.2. The zero-order valence-corrected chi connectivity index (χ0v) is 12.0. The molecule has 1 saturated heterocycles. The Morgan fingerprint density at radius 2 is 2.00 bits per heavy atom. The van der Waals surface area contributed by atoms with Gasteiger partial charge in [-0.3, -0.25) is 0 Å². The van der Waals surface area contributed by atoms with Crippen LogP contribution in [0.2, 0.25) is 0 Å². The first-order valence-corrected chi connectivity index (χ1v) is 7.92. The summed E-state index contributed by atoms with van der Waals surface area (Å²) in [4.78, 5) is 2.66. The average molecular weight is 258 g/mol.